The molecule has 5 nitrogen and oxygen atoms in total. The summed E-state index contributed by atoms with van der Waals surface area (Å²) in [6, 6.07) is 14.6. The van der Waals surface area contributed by atoms with E-state index in [2.05, 4.69) is 64.1 Å². The number of hydrogen-bond donors (Lipinski definition) is 0. The standard InChI is InChI=1S/C19H23N5/c1-16(2)11-23(13-18-5-3-4-10-21-18)12-17-6-8-19(9-7-17)24-15-20-14-22-24/h3-10,14-16H,11-13H2,1-2H3. The second kappa shape index (κ2) is 7.84. The summed E-state index contributed by atoms with van der Waals surface area (Å²) in [6.45, 7) is 7.32. The third-order valence-electron chi connectivity index (χ3n) is 3.76. The first kappa shape index (κ1) is 16.3. The Morgan fingerprint density at radius 1 is 1.04 bits per heavy atom. The fourth-order valence-electron chi connectivity index (χ4n) is 2.78. The third kappa shape index (κ3) is 4.49. The number of rotatable bonds is 7. The van der Waals surface area contributed by atoms with Crippen LogP contribution in [-0.4, -0.2) is 31.2 Å². The van der Waals surface area contributed by atoms with E-state index >= 15 is 0 Å². The van der Waals surface area contributed by atoms with Gasteiger partial charge in [-0.15, -0.1) is 0 Å². The molecule has 0 spiro atoms. The molecular formula is C19H23N5. The van der Waals surface area contributed by atoms with Gasteiger partial charge in [-0.3, -0.25) is 9.88 Å². The predicted molar refractivity (Wildman–Crippen MR) is 94.5 cm³/mol. The van der Waals surface area contributed by atoms with Gasteiger partial charge >= 0.3 is 0 Å². The minimum atomic E-state index is 0.614. The molecule has 0 unspecified atom stereocenters. The van der Waals surface area contributed by atoms with Crippen LogP contribution in [0.15, 0.2) is 61.3 Å². The van der Waals surface area contributed by atoms with Crippen LogP contribution in [0.3, 0.4) is 0 Å². The lowest BCUT2D eigenvalue weighted by atomic mass is 10.1. The van der Waals surface area contributed by atoms with Crippen molar-refractivity contribution in [1.29, 1.82) is 0 Å². The van der Waals surface area contributed by atoms with Gasteiger partial charge in [-0.1, -0.05) is 32.0 Å². The van der Waals surface area contributed by atoms with Crippen molar-refractivity contribution in [2.24, 2.45) is 5.92 Å². The average molecular weight is 321 g/mol. The summed E-state index contributed by atoms with van der Waals surface area (Å²) >= 11 is 0. The molecule has 1 aromatic carbocycles. The van der Waals surface area contributed by atoms with Gasteiger partial charge in [-0.2, -0.15) is 5.10 Å². The van der Waals surface area contributed by atoms with Gasteiger partial charge in [0.05, 0.1) is 11.4 Å². The Morgan fingerprint density at radius 3 is 2.50 bits per heavy atom. The minimum Gasteiger partial charge on any atom is -0.293 e. The van der Waals surface area contributed by atoms with E-state index in [1.165, 1.54) is 5.56 Å². The van der Waals surface area contributed by atoms with E-state index in [0.29, 0.717) is 5.92 Å². The highest BCUT2D eigenvalue weighted by Gasteiger charge is 2.10. The number of hydrogen-bond acceptors (Lipinski definition) is 4. The summed E-state index contributed by atoms with van der Waals surface area (Å²) in [7, 11) is 0. The van der Waals surface area contributed by atoms with Gasteiger partial charge in [-0.25, -0.2) is 9.67 Å². The lowest BCUT2D eigenvalue weighted by molar-refractivity contribution is 0.225. The normalized spacial score (nSPS) is 11.3. The van der Waals surface area contributed by atoms with E-state index in [4.69, 9.17) is 0 Å². The molecule has 3 aromatic rings. The predicted octanol–water partition coefficient (Wildman–Crippen LogP) is 3.32. The highest BCUT2D eigenvalue weighted by Crippen LogP contribution is 2.13. The second-order valence-corrected chi connectivity index (χ2v) is 6.39. The largest absolute Gasteiger partial charge is 0.293 e. The van der Waals surface area contributed by atoms with Gasteiger partial charge in [-0.05, 0) is 35.7 Å². The molecule has 0 fully saturated rings. The van der Waals surface area contributed by atoms with Crippen molar-refractivity contribution in [3.63, 3.8) is 0 Å². The van der Waals surface area contributed by atoms with E-state index in [-0.39, 0.29) is 0 Å². The Morgan fingerprint density at radius 2 is 1.88 bits per heavy atom. The van der Waals surface area contributed by atoms with Crippen molar-refractivity contribution < 1.29 is 0 Å². The Balaban J connectivity index is 1.69. The molecule has 2 aromatic heterocycles. The van der Waals surface area contributed by atoms with Gasteiger partial charge in [0.2, 0.25) is 0 Å². The summed E-state index contributed by atoms with van der Waals surface area (Å²) in [5, 5.41) is 4.16. The van der Waals surface area contributed by atoms with Crippen molar-refractivity contribution in [3.05, 3.63) is 72.6 Å². The Hall–Kier alpha value is -2.53. The molecule has 2 heterocycles. The summed E-state index contributed by atoms with van der Waals surface area (Å²) in [4.78, 5) is 10.9. The SMILES string of the molecule is CC(C)CN(Cc1ccc(-n2cncn2)cc1)Cc1ccccn1. The van der Waals surface area contributed by atoms with E-state index in [1.54, 1.807) is 17.3 Å². The third-order valence-corrected chi connectivity index (χ3v) is 3.76. The van der Waals surface area contributed by atoms with Gasteiger partial charge in [0, 0.05) is 25.8 Å². The maximum atomic E-state index is 4.46. The van der Waals surface area contributed by atoms with Crippen molar-refractivity contribution in [2.45, 2.75) is 26.9 Å². The first-order valence-electron chi connectivity index (χ1n) is 8.27. The Labute approximate surface area is 143 Å². The van der Waals surface area contributed by atoms with Gasteiger partial charge in [0.25, 0.3) is 0 Å². The van der Waals surface area contributed by atoms with Crippen molar-refractivity contribution in [2.75, 3.05) is 6.54 Å². The second-order valence-electron chi connectivity index (χ2n) is 6.39. The van der Waals surface area contributed by atoms with Crippen molar-refractivity contribution in [1.82, 2.24) is 24.6 Å². The highest BCUT2D eigenvalue weighted by atomic mass is 15.3. The minimum absolute atomic E-state index is 0.614. The molecule has 0 saturated carbocycles. The molecule has 5 heteroatoms. The van der Waals surface area contributed by atoms with Crippen LogP contribution in [0.25, 0.3) is 5.69 Å². The quantitative estimate of drug-likeness (QED) is 0.670. The number of benzene rings is 1. The molecule has 0 atom stereocenters. The maximum Gasteiger partial charge on any atom is 0.138 e. The molecule has 0 radical (unpaired) electrons. The molecule has 0 N–H and O–H groups in total. The fraction of sp³-hybridized carbons (Fsp3) is 0.316. The van der Waals surface area contributed by atoms with Crippen molar-refractivity contribution in [3.8, 4) is 5.69 Å². The number of pyridine rings is 1. The Bertz CT molecular complexity index is 720. The monoisotopic (exact) mass is 321 g/mol. The molecule has 124 valence electrons. The molecule has 3 rings (SSSR count). The number of nitrogens with zero attached hydrogens (tertiary/aromatic N) is 5. The first-order chi connectivity index (χ1) is 11.7. The lowest BCUT2D eigenvalue weighted by Crippen LogP contribution is -2.27. The zero-order chi connectivity index (χ0) is 16.8. The van der Waals surface area contributed by atoms with Crippen LogP contribution in [0.2, 0.25) is 0 Å². The smallest absolute Gasteiger partial charge is 0.138 e. The van der Waals surface area contributed by atoms with Crippen LogP contribution in [0, 0.1) is 5.92 Å². The van der Waals surface area contributed by atoms with Crippen LogP contribution in [0.1, 0.15) is 25.1 Å². The van der Waals surface area contributed by atoms with Gasteiger partial charge < -0.3 is 0 Å². The van der Waals surface area contributed by atoms with Crippen LogP contribution in [-0.2, 0) is 13.1 Å². The van der Waals surface area contributed by atoms with Gasteiger partial charge in [0.1, 0.15) is 12.7 Å². The van der Waals surface area contributed by atoms with Crippen LogP contribution < -0.4 is 0 Å². The molecule has 0 aliphatic carbocycles. The van der Waals surface area contributed by atoms with E-state index in [0.717, 1.165) is 31.0 Å². The molecule has 0 bridgehead atoms. The zero-order valence-corrected chi connectivity index (χ0v) is 14.2. The Kier molecular flexibility index (Phi) is 5.33. The van der Waals surface area contributed by atoms with Crippen LogP contribution in [0.4, 0.5) is 0 Å². The van der Waals surface area contributed by atoms with E-state index in [9.17, 15) is 0 Å². The molecule has 0 aliphatic rings. The lowest BCUT2D eigenvalue weighted by Gasteiger charge is -2.24. The van der Waals surface area contributed by atoms with Crippen molar-refractivity contribution >= 4 is 0 Å². The molecule has 0 amide bonds. The molecule has 0 aliphatic heterocycles. The summed E-state index contributed by atoms with van der Waals surface area (Å²) in [5.74, 6) is 0.614. The molecular weight excluding hydrogens is 298 g/mol. The number of aromatic nitrogens is 4. The summed E-state index contributed by atoms with van der Waals surface area (Å²) in [5.41, 5.74) is 3.42. The summed E-state index contributed by atoms with van der Waals surface area (Å²) < 4.78 is 1.77. The summed E-state index contributed by atoms with van der Waals surface area (Å²) in [6.07, 6.45) is 5.11. The first-order valence-corrected chi connectivity index (χ1v) is 8.27. The average Bonchev–Trinajstić information content (AvgIpc) is 3.10. The van der Waals surface area contributed by atoms with E-state index in [1.807, 2.05) is 18.3 Å². The highest BCUT2D eigenvalue weighted by molar-refractivity contribution is 5.33. The maximum absolute atomic E-state index is 4.46. The molecule has 0 saturated heterocycles. The molecule has 24 heavy (non-hydrogen) atoms. The van der Waals surface area contributed by atoms with Crippen LogP contribution >= 0.6 is 0 Å². The van der Waals surface area contributed by atoms with Gasteiger partial charge in [0.15, 0.2) is 0 Å². The van der Waals surface area contributed by atoms with Crippen LogP contribution in [0.5, 0.6) is 0 Å². The fourth-order valence-corrected chi connectivity index (χ4v) is 2.78. The zero-order valence-electron chi connectivity index (χ0n) is 14.2. The topological polar surface area (TPSA) is 46.8 Å². The van der Waals surface area contributed by atoms with E-state index < -0.39 is 0 Å².